The van der Waals surface area contributed by atoms with Gasteiger partial charge in [0.15, 0.2) is 11.6 Å². The predicted octanol–water partition coefficient (Wildman–Crippen LogP) is 4.04. The Morgan fingerprint density at radius 3 is 2.45 bits per heavy atom. The Morgan fingerprint density at radius 2 is 1.73 bits per heavy atom. The molecule has 6 rings (SSSR count). The van der Waals surface area contributed by atoms with Crippen molar-refractivity contribution in [1.29, 1.82) is 0 Å². The van der Waals surface area contributed by atoms with Crippen LogP contribution >= 0.6 is 11.3 Å². The molecule has 3 aromatic heterocycles. The topological polar surface area (TPSA) is 91.4 Å². The largest absolute Gasteiger partial charge is 0.491 e. The number of ether oxygens (including phenoxy) is 1. The number of nitrogens with zero attached hydrogens (tertiary/aromatic N) is 5. The van der Waals surface area contributed by atoms with Crippen LogP contribution in [0.1, 0.15) is 23.7 Å². The summed E-state index contributed by atoms with van der Waals surface area (Å²) in [6.07, 6.45) is 3.70. The first-order valence-corrected chi connectivity index (χ1v) is 13.4. The van der Waals surface area contributed by atoms with Crippen LogP contribution in [0.4, 0.5) is 4.39 Å². The maximum absolute atomic E-state index is 14.8. The molecule has 0 bridgehead atoms. The Bertz CT molecular complexity index is 2000. The first-order valence-electron chi connectivity index (χ1n) is 12.6. The summed E-state index contributed by atoms with van der Waals surface area (Å²) in [6, 6.07) is 23.5. The highest BCUT2D eigenvalue weighted by Gasteiger charge is 2.16. The number of rotatable bonds is 7. The molecule has 0 aliphatic carbocycles. The number of thiazole rings is 1. The first-order chi connectivity index (χ1) is 19.5. The van der Waals surface area contributed by atoms with Gasteiger partial charge in [-0.2, -0.15) is 19.7 Å². The van der Waals surface area contributed by atoms with Crippen molar-refractivity contribution in [3.8, 4) is 22.7 Å². The van der Waals surface area contributed by atoms with Crippen LogP contribution in [-0.2, 0) is 6.42 Å². The lowest BCUT2D eigenvalue weighted by Crippen LogP contribution is -2.28. The van der Waals surface area contributed by atoms with Gasteiger partial charge in [-0.15, -0.1) is 0 Å². The number of aromatic nitrogens is 5. The van der Waals surface area contributed by atoms with Crippen molar-refractivity contribution in [2.24, 2.45) is 0 Å². The van der Waals surface area contributed by atoms with Crippen molar-refractivity contribution in [3.63, 3.8) is 0 Å². The number of benzene rings is 3. The normalized spacial score (nSPS) is 11.8. The second-order valence-electron chi connectivity index (χ2n) is 8.93. The molecule has 0 aliphatic rings. The highest BCUT2D eigenvalue weighted by molar-refractivity contribution is 7.15. The third-order valence-corrected chi connectivity index (χ3v) is 7.18. The number of halogens is 1. The van der Waals surface area contributed by atoms with Crippen LogP contribution < -0.4 is 20.4 Å². The summed E-state index contributed by atoms with van der Waals surface area (Å²) in [4.78, 5) is 30.4. The zero-order valence-electron chi connectivity index (χ0n) is 21.3. The van der Waals surface area contributed by atoms with Crippen molar-refractivity contribution in [3.05, 3.63) is 133 Å². The third-order valence-electron chi connectivity index (χ3n) is 6.22. The maximum Gasteiger partial charge on any atom is 0.296 e. The summed E-state index contributed by atoms with van der Waals surface area (Å²) in [7, 11) is 0. The van der Waals surface area contributed by atoms with Crippen LogP contribution in [0, 0.1) is 5.82 Å². The van der Waals surface area contributed by atoms with Gasteiger partial charge in [0.2, 0.25) is 4.96 Å². The lowest BCUT2D eigenvalue weighted by Gasteiger charge is -2.06. The van der Waals surface area contributed by atoms with E-state index < -0.39 is 16.9 Å². The average molecular weight is 552 g/mol. The Kier molecular flexibility index (Phi) is 6.75. The fourth-order valence-corrected chi connectivity index (χ4v) is 5.23. The lowest BCUT2D eigenvalue weighted by molar-refractivity contribution is 0.321. The van der Waals surface area contributed by atoms with Gasteiger partial charge in [0.1, 0.15) is 11.4 Å². The Hall–Kier alpha value is -4.96. The summed E-state index contributed by atoms with van der Waals surface area (Å²) in [5.74, 6) is -0.359. The minimum atomic E-state index is -0.510. The van der Waals surface area contributed by atoms with Gasteiger partial charge in [0, 0.05) is 23.7 Å². The Balaban J connectivity index is 1.49. The minimum absolute atomic E-state index is 0.152. The Labute approximate surface area is 231 Å². The van der Waals surface area contributed by atoms with Crippen LogP contribution in [0.15, 0.2) is 94.6 Å². The van der Waals surface area contributed by atoms with E-state index in [0.29, 0.717) is 28.0 Å². The fraction of sp³-hybridized carbons (Fsp3) is 0.100. The molecule has 0 aliphatic heterocycles. The lowest BCUT2D eigenvalue weighted by atomic mass is 10.1. The average Bonchev–Trinajstić information content (AvgIpc) is 3.52. The molecule has 0 amide bonds. The molecule has 10 heteroatoms. The summed E-state index contributed by atoms with van der Waals surface area (Å²) in [5.41, 5.74) is 2.58. The van der Waals surface area contributed by atoms with Gasteiger partial charge in [0.05, 0.1) is 16.8 Å². The molecular formula is C30H22FN5O3S. The zero-order chi connectivity index (χ0) is 27.6. The first kappa shape index (κ1) is 25.3. The highest BCUT2D eigenvalue weighted by atomic mass is 32.1. The van der Waals surface area contributed by atoms with Crippen molar-refractivity contribution >= 4 is 22.4 Å². The molecule has 0 N–H and O–H groups in total. The minimum Gasteiger partial charge on any atom is -0.491 e. The van der Waals surface area contributed by atoms with E-state index in [-0.39, 0.29) is 22.8 Å². The van der Waals surface area contributed by atoms with Crippen LogP contribution in [0.2, 0.25) is 0 Å². The standard InChI is InChI=1S/C30H22FN5O3S/c1-2-39-25-14-13-20(16-23(25)31)27-21(18-35(34-27)22-11-7-4-8-12-22)17-26-29(38)36-30(40-26)32-28(37)24(33-36)15-19-9-5-3-6-10-19/h3-14,16-18H,2,15H2,1H3/b26-17-. The molecule has 0 atom stereocenters. The number of para-hydroxylation sites is 1. The van der Waals surface area contributed by atoms with E-state index in [1.807, 2.05) is 60.7 Å². The zero-order valence-corrected chi connectivity index (χ0v) is 22.1. The van der Waals surface area contributed by atoms with E-state index in [0.717, 1.165) is 27.1 Å². The summed E-state index contributed by atoms with van der Waals surface area (Å²) in [5, 5.41) is 9.05. The van der Waals surface area contributed by atoms with E-state index >= 15 is 0 Å². The van der Waals surface area contributed by atoms with Crippen molar-refractivity contribution in [2.45, 2.75) is 13.3 Å². The van der Waals surface area contributed by atoms with E-state index in [2.05, 4.69) is 10.1 Å². The number of fused-ring (bicyclic) bond motifs is 1. The quantitative estimate of drug-likeness (QED) is 0.298. The number of hydrogen-bond donors (Lipinski definition) is 0. The summed E-state index contributed by atoms with van der Waals surface area (Å²) in [6.45, 7) is 2.13. The maximum atomic E-state index is 14.8. The van der Waals surface area contributed by atoms with Gasteiger partial charge >= 0.3 is 0 Å². The second-order valence-corrected chi connectivity index (χ2v) is 9.94. The van der Waals surface area contributed by atoms with Gasteiger partial charge in [-0.05, 0) is 48.9 Å². The monoisotopic (exact) mass is 551 g/mol. The molecule has 0 radical (unpaired) electrons. The van der Waals surface area contributed by atoms with Crippen molar-refractivity contribution < 1.29 is 9.13 Å². The molecule has 3 aromatic carbocycles. The molecule has 40 heavy (non-hydrogen) atoms. The molecule has 0 unspecified atom stereocenters. The predicted molar refractivity (Wildman–Crippen MR) is 152 cm³/mol. The Morgan fingerprint density at radius 1 is 0.975 bits per heavy atom. The van der Waals surface area contributed by atoms with Crippen molar-refractivity contribution in [2.75, 3.05) is 6.61 Å². The molecule has 198 valence electrons. The van der Waals surface area contributed by atoms with Crippen molar-refractivity contribution in [1.82, 2.24) is 24.4 Å². The third kappa shape index (κ3) is 4.92. The van der Waals surface area contributed by atoms with E-state index in [1.54, 1.807) is 36.0 Å². The molecule has 3 heterocycles. The van der Waals surface area contributed by atoms with Crippen LogP contribution in [0.3, 0.4) is 0 Å². The van der Waals surface area contributed by atoms with Gasteiger partial charge in [-0.3, -0.25) is 9.59 Å². The van der Waals surface area contributed by atoms with Gasteiger partial charge in [0.25, 0.3) is 11.1 Å². The molecule has 0 saturated heterocycles. The van der Waals surface area contributed by atoms with Gasteiger partial charge < -0.3 is 4.74 Å². The molecule has 0 fully saturated rings. The van der Waals surface area contributed by atoms with E-state index in [4.69, 9.17) is 9.84 Å². The smallest absolute Gasteiger partial charge is 0.296 e. The van der Waals surface area contributed by atoms with Gasteiger partial charge in [-0.25, -0.2) is 9.07 Å². The summed E-state index contributed by atoms with van der Waals surface area (Å²) < 4.78 is 23.3. The highest BCUT2D eigenvalue weighted by Crippen LogP contribution is 2.28. The van der Waals surface area contributed by atoms with E-state index in [1.165, 1.54) is 6.07 Å². The molecular weight excluding hydrogens is 529 g/mol. The second kappa shape index (κ2) is 10.7. The van der Waals surface area contributed by atoms with Gasteiger partial charge in [-0.1, -0.05) is 59.9 Å². The SMILES string of the molecule is CCOc1ccc(-c2nn(-c3ccccc3)cc2/C=c2\sc3nc(=O)c(Cc4ccccc4)nn3c2=O)cc1F. The van der Waals surface area contributed by atoms with Crippen LogP contribution in [0.25, 0.3) is 28.0 Å². The molecule has 8 nitrogen and oxygen atoms in total. The van der Waals surface area contributed by atoms with Crippen LogP contribution in [0.5, 0.6) is 5.75 Å². The molecule has 6 aromatic rings. The van der Waals surface area contributed by atoms with E-state index in [9.17, 15) is 14.0 Å². The fourth-order valence-electron chi connectivity index (χ4n) is 4.33. The number of hydrogen-bond acceptors (Lipinski definition) is 7. The van der Waals surface area contributed by atoms with Crippen LogP contribution in [-0.4, -0.2) is 31.0 Å². The molecule has 0 saturated carbocycles. The molecule has 0 spiro atoms. The summed E-state index contributed by atoms with van der Waals surface area (Å²) >= 11 is 1.06.